The zero-order chi connectivity index (χ0) is 19.0. The molecule has 4 rings (SSSR count). The van der Waals surface area contributed by atoms with Crippen molar-refractivity contribution >= 4 is 16.8 Å². The third-order valence-electron chi connectivity index (χ3n) is 5.00. The van der Waals surface area contributed by atoms with Crippen molar-refractivity contribution in [2.24, 2.45) is 7.05 Å². The summed E-state index contributed by atoms with van der Waals surface area (Å²) in [6.07, 6.45) is 0. The highest BCUT2D eigenvalue weighted by atomic mass is 16.2. The molecule has 0 bridgehead atoms. The van der Waals surface area contributed by atoms with Gasteiger partial charge in [-0.1, -0.05) is 72.8 Å². The molecule has 4 aromatic rings. The zero-order valence-corrected chi connectivity index (χ0v) is 15.8. The Morgan fingerprint density at radius 1 is 0.778 bits per heavy atom. The fourth-order valence-electron chi connectivity index (χ4n) is 3.70. The molecule has 134 valence electrons. The van der Waals surface area contributed by atoms with Crippen molar-refractivity contribution in [3.63, 3.8) is 0 Å². The van der Waals surface area contributed by atoms with Crippen molar-refractivity contribution in [2.45, 2.75) is 0 Å². The lowest BCUT2D eigenvalue weighted by Crippen LogP contribution is -2.24. The minimum absolute atomic E-state index is 0.00608. The van der Waals surface area contributed by atoms with Crippen molar-refractivity contribution in [2.75, 3.05) is 14.1 Å². The van der Waals surface area contributed by atoms with Gasteiger partial charge in [-0.25, -0.2) is 0 Å². The molecule has 0 radical (unpaired) electrons. The molecule has 0 saturated carbocycles. The Morgan fingerprint density at radius 2 is 1.37 bits per heavy atom. The molecule has 0 spiro atoms. The van der Waals surface area contributed by atoms with E-state index in [1.165, 1.54) is 0 Å². The summed E-state index contributed by atoms with van der Waals surface area (Å²) in [6.45, 7) is 0. The molecule has 0 atom stereocenters. The van der Waals surface area contributed by atoms with Gasteiger partial charge in [0.1, 0.15) is 5.69 Å². The van der Waals surface area contributed by atoms with Crippen molar-refractivity contribution in [1.82, 2.24) is 9.47 Å². The first kappa shape index (κ1) is 17.1. The van der Waals surface area contributed by atoms with Gasteiger partial charge in [-0.2, -0.15) is 0 Å². The Labute approximate surface area is 159 Å². The van der Waals surface area contributed by atoms with Gasteiger partial charge in [0, 0.05) is 37.6 Å². The van der Waals surface area contributed by atoms with E-state index >= 15 is 0 Å². The second kappa shape index (κ2) is 6.76. The zero-order valence-electron chi connectivity index (χ0n) is 15.8. The number of nitrogens with zero attached hydrogens (tertiary/aromatic N) is 2. The van der Waals surface area contributed by atoms with Crippen molar-refractivity contribution < 1.29 is 4.79 Å². The summed E-state index contributed by atoms with van der Waals surface area (Å²) in [4.78, 5) is 14.7. The first-order valence-electron chi connectivity index (χ1n) is 9.03. The van der Waals surface area contributed by atoms with Crippen LogP contribution in [0.3, 0.4) is 0 Å². The fraction of sp³-hybridized carbons (Fsp3) is 0.125. The Kier molecular flexibility index (Phi) is 4.28. The first-order valence-corrected chi connectivity index (χ1v) is 9.03. The van der Waals surface area contributed by atoms with E-state index in [0.717, 1.165) is 33.2 Å². The van der Waals surface area contributed by atoms with E-state index in [0.29, 0.717) is 5.69 Å². The molecular weight excluding hydrogens is 332 g/mol. The molecule has 0 saturated heterocycles. The van der Waals surface area contributed by atoms with E-state index in [1.54, 1.807) is 19.0 Å². The number of hydrogen-bond acceptors (Lipinski definition) is 1. The van der Waals surface area contributed by atoms with Crippen LogP contribution in [0, 0.1) is 0 Å². The summed E-state index contributed by atoms with van der Waals surface area (Å²) in [5, 5.41) is 1.09. The maximum atomic E-state index is 13.1. The Balaban J connectivity index is 2.09. The van der Waals surface area contributed by atoms with E-state index in [-0.39, 0.29) is 5.91 Å². The van der Waals surface area contributed by atoms with E-state index in [4.69, 9.17) is 0 Å². The van der Waals surface area contributed by atoms with Gasteiger partial charge in [-0.15, -0.1) is 0 Å². The van der Waals surface area contributed by atoms with E-state index < -0.39 is 0 Å². The van der Waals surface area contributed by atoms with Crippen molar-refractivity contribution in [3.8, 4) is 22.3 Å². The number of rotatable bonds is 3. The number of carbonyl (C=O) groups is 1. The van der Waals surface area contributed by atoms with Crippen LogP contribution in [-0.2, 0) is 7.05 Å². The number of carbonyl (C=O) groups excluding carboxylic acids is 1. The van der Waals surface area contributed by atoms with Crippen LogP contribution in [0.5, 0.6) is 0 Å². The number of amides is 1. The molecule has 0 aliphatic heterocycles. The van der Waals surface area contributed by atoms with Crippen LogP contribution in [0.15, 0.2) is 78.9 Å². The molecular formula is C24H22N2O. The quantitative estimate of drug-likeness (QED) is 0.495. The highest BCUT2D eigenvalue weighted by Crippen LogP contribution is 2.40. The van der Waals surface area contributed by atoms with Crippen LogP contribution in [-0.4, -0.2) is 29.5 Å². The third-order valence-corrected chi connectivity index (χ3v) is 5.00. The van der Waals surface area contributed by atoms with Gasteiger partial charge in [-0.05, 0) is 22.8 Å². The van der Waals surface area contributed by atoms with E-state index in [1.807, 2.05) is 54.1 Å². The summed E-state index contributed by atoms with van der Waals surface area (Å²) in [5.74, 6) is 0.00608. The second-order valence-corrected chi connectivity index (χ2v) is 6.91. The number of hydrogen-bond donors (Lipinski definition) is 0. The first-order chi connectivity index (χ1) is 13.1. The highest BCUT2D eigenvalue weighted by molar-refractivity contribution is 6.12. The van der Waals surface area contributed by atoms with Crippen molar-refractivity contribution in [3.05, 3.63) is 84.6 Å². The lowest BCUT2D eigenvalue weighted by atomic mass is 9.92. The Hall–Kier alpha value is -3.33. The molecule has 1 heterocycles. The van der Waals surface area contributed by atoms with Crippen LogP contribution in [0.4, 0.5) is 0 Å². The Bertz CT molecular complexity index is 1120. The second-order valence-electron chi connectivity index (χ2n) is 6.91. The fourth-order valence-corrected chi connectivity index (χ4v) is 3.70. The molecule has 0 aliphatic carbocycles. The molecule has 1 amide bonds. The summed E-state index contributed by atoms with van der Waals surface area (Å²) in [7, 11) is 5.56. The van der Waals surface area contributed by atoms with Gasteiger partial charge in [0.05, 0.1) is 0 Å². The minimum atomic E-state index is 0.00608. The predicted molar refractivity (Wildman–Crippen MR) is 112 cm³/mol. The molecule has 0 aliphatic rings. The van der Waals surface area contributed by atoms with Gasteiger partial charge in [0.25, 0.3) is 5.91 Å². The van der Waals surface area contributed by atoms with Crippen LogP contribution in [0.1, 0.15) is 10.5 Å². The average Bonchev–Trinajstić information content (AvgIpc) is 3.00. The predicted octanol–water partition coefficient (Wildman–Crippen LogP) is 5.21. The normalized spacial score (nSPS) is 10.9. The molecule has 27 heavy (non-hydrogen) atoms. The van der Waals surface area contributed by atoms with Gasteiger partial charge < -0.3 is 9.47 Å². The maximum Gasteiger partial charge on any atom is 0.270 e. The summed E-state index contributed by atoms with van der Waals surface area (Å²) < 4.78 is 2.01. The third kappa shape index (κ3) is 2.81. The van der Waals surface area contributed by atoms with Crippen LogP contribution >= 0.6 is 0 Å². The SMILES string of the molecule is CN(C)C(=O)c1c(-c2ccccc2-c2ccccc2)c2ccccc2n1C. The molecule has 1 aromatic heterocycles. The summed E-state index contributed by atoms with van der Waals surface area (Å²) in [5.41, 5.74) is 6.11. The van der Waals surface area contributed by atoms with Crippen LogP contribution in [0.2, 0.25) is 0 Å². The number of aryl methyl sites for hydroxylation is 1. The number of aromatic nitrogens is 1. The highest BCUT2D eigenvalue weighted by Gasteiger charge is 2.24. The lowest BCUT2D eigenvalue weighted by molar-refractivity contribution is 0.0819. The largest absolute Gasteiger partial charge is 0.343 e. The monoisotopic (exact) mass is 354 g/mol. The van der Waals surface area contributed by atoms with Crippen molar-refractivity contribution in [1.29, 1.82) is 0 Å². The van der Waals surface area contributed by atoms with E-state index in [9.17, 15) is 4.79 Å². The minimum Gasteiger partial charge on any atom is -0.343 e. The van der Waals surface area contributed by atoms with Gasteiger partial charge in [0.2, 0.25) is 0 Å². The molecule has 0 fully saturated rings. The summed E-state index contributed by atoms with van der Waals surface area (Å²) in [6, 6.07) is 26.8. The average molecular weight is 354 g/mol. The Morgan fingerprint density at radius 3 is 2.07 bits per heavy atom. The van der Waals surface area contributed by atoms with Gasteiger partial charge in [-0.3, -0.25) is 4.79 Å². The number of benzene rings is 3. The maximum absolute atomic E-state index is 13.1. The number of fused-ring (bicyclic) bond motifs is 1. The molecule has 3 heteroatoms. The molecule has 3 nitrogen and oxygen atoms in total. The molecule has 0 unspecified atom stereocenters. The number of para-hydroxylation sites is 1. The smallest absolute Gasteiger partial charge is 0.270 e. The lowest BCUT2D eigenvalue weighted by Gasteiger charge is -2.15. The molecule has 0 N–H and O–H groups in total. The standard InChI is InChI=1S/C24H22N2O/c1-25(2)24(27)23-22(20-15-9-10-16-21(20)26(23)3)19-14-8-7-13-18(19)17-11-5-4-6-12-17/h4-16H,1-3H3. The van der Waals surface area contributed by atoms with E-state index in [2.05, 4.69) is 36.4 Å². The van der Waals surface area contributed by atoms with Gasteiger partial charge >= 0.3 is 0 Å². The van der Waals surface area contributed by atoms with Crippen LogP contribution in [0.25, 0.3) is 33.2 Å². The van der Waals surface area contributed by atoms with Crippen LogP contribution < -0.4 is 0 Å². The van der Waals surface area contributed by atoms with Gasteiger partial charge in [0.15, 0.2) is 0 Å². The topological polar surface area (TPSA) is 25.2 Å². The summed E-state index contributed by atoms with van der Waals surface area (Å²) >= 11 is 0. The molecule has 3 aromatic carbocycles.